The summed E-state index contributed by atoms with van der Waals surface area (Å²) in [5, 5.41) is 3.73. The van der Waals surface area contributed by atoms with Gasteiger partial charge in [-0.1, -0.05) is 29.8 Å². The fourth-order valence-electron chi connectivity index (χ4n) is 3.61. The first kappa shape index (κ1) is 18.9. The Bertz CT molecular complexity index is 1130. The van der Waals surface area contributed by atoms with Crippen molar-refractivity contribution < 1.29 is 9.13 Å². The molecule has 0 radical (unpaired) electrons. The van der Waals surface area contributed by atoms with E-state index in [1.165, 1.54) is 16.7 Å². The summed E-state index contributed by atoms with van der Waals surface area (Å²) in [6.07, 6.45) is -0.473. The molecule has 6 nitrogen and oxygen atoms in total. The summed E-state index contributed by atoms with van der Waals surface area (Å²) < 4.78 is 21.1. The molecule has 0 aliphatic carbocycles. The quantitative estimate of drug-likeness (QED) is 0.704. The third kappa shape index (κ3) is 3.61. The number of rotatable bonds is 3. The Kier molecular flexibility index (Phi) is 5.30. The molecule has 0 amide bonds. The highest BCUT2D eigenvalue weighted by atomic mass is 35.5. The lowest BCUT2D eigenvalue weighted by Gasteiger charge is -2.25. The van der Waals surface area contributed by atoms with Gasteiger partial charge in [0.05, 0.1) is 28.6 Å². The second kappa shape index (κ2) is 7.87. The lowest BCUT2D eigenvalue weighted by atomic mass is 9.95. The van der Waals surface area contributed by atoms with Crippen LogP contribution in [0.4, 0.5) is 4.39 Å². The zero-order chi connectivity index (χ0) is 19.7. The molecule has 1 saturated heterocycles. The van der Waals surface area contributed by atoms with Crippen LogP contribution in [-0.4, -0.2) is 29.2 Å². The van der Waals surface area contributed by atoms with E-state index in [0.717, 1.165) is 0 Å². The fourth-order valence-corrected chi connectivity index (χ4v) is 3.72. The SMILES string of the molecule is O=c1[nH]c2ccccc2c(=O)n1C[C@@H]1CNCCO[C@H]1c1ccc(Cl)c(F)c1. The minimum absolute atomic E-state index is 0.0363. The van der Waals surface area contributed by atoms with Crippen molar-refractivity contribution in [2.24, 2.45) is 5.92 Å². The number of hydrogen-bond donors (Lipinski definition) is 2. The Balaban J connectivity index is 1.74. The van der Waals surface area contributed by atoms with Gasteiger partial charge in [-0.05, 0) is 29.8 Å². The Morgan fingerprint density at radius 2 is 2.04 bits per heavy atom. The smallest absolute Gasteiger partial charge is 0.328 e. The van der Waals surface area contributed by atoms with Gasteiger partial charge in [-0.2, -0.15) is 0 Å². The second-order valence-electron chi connectivity index (χ2n) is 6.82. The van der Waals surface area contributed by atoms with E-state index < -0.39 is 17.6 Å². The number of para-hydroxylation sites is 1. The van der Waals surface area contributed by atoms with E-state index >= 15 is 0 Å². The maximum Gasteiger partial charge on any atom is 0.328 e. The zero-order valence-corrected chi connectivity index (χ0v) is 15.7. The molecule has 3 aromatic rings. The number of aromatic amines is 1. The molecule has 0 spiro atoms. The van der Waals surface area contributed by atoms with Gasteiger partial charge >= 0.3 is 5.69 Å². The van der Waals surface area contributed by atoms with Crippen molar-refractivity contribution in [2.75, 3.05) is 19.7 Å². The van der Waals surface area contributed by atoms with Gasteiger partial charge in [-0.15, -0.1) is 0 Å². The van der Waals surface area contributed by atoms with Crippen LogP contribution in [0.2, 0.25) is 5.02 Å². The molecule has 1 aromatic heterocycles. The largest absolute Gasteiger partial charge is 0.372 e. The van der Waals surface area contributed by atoms with Gasteiger partial charge in [-0.25, -0.2) is 9.18 Å². The van der Waals surface area contributed by atoms with E-state index in [9.17, 15) is 14.0 Å². The predicted molar refractivity (Wildman–Crippen MR) is 105 cm³/mol. The number of hydrogen-bond acceptors (Lipinski definition) is 4. The van der Waals surface area contributed by atoms with Crippen LogP contribution in [0.1, 0.15) is 11.7 Å². The summed E-state index contributed by atoms with van der Waals surface area (Å²) in [5.41, 5.74) is 0.291. The summed E-state index contributed by atoms with van der Waals surface area (Å²) in [7, 11) is 0. The van der Waals surface area contributed by atoms with E-state index in [4.69, 9.17) is 16.3 Å². The summed E-state index contributed by atoms with van der Waals surface area (Å²) in [4.78, 5) is 28.1. The molecule has 4 rings (SSSR count). The molecule has 1 aliphatic heterocycles. The maximum atomic E-state index is 14.0. The van der Waals surface area contributed by atoms with E-state index in [2.05, 4.69) is 10.3 Å². The first-order valence-electron chi connectivity index (χ1n) is 9.04. The molecule has 1 fully saturated rings. The molecule has 0 saturated carbocycles. The van der Waals surface area contributed by atoms with Crippen LogP contribution in [0.25, 0.3) is 10.9 Å². The maximum absolute atomic E-state index is 14.0. The molecule has 0 bridgehead atoms. The molecule has 2 heterocycles. The molecule has 0 unspecified atom stereocenters. The summed E-state index contributed by atoms with van der Waals surface area (Å²) >= 11 is 5.80. The topological polar surface area (TPSA) is 76.1 Å². The Hall–Kier alpha value is -2.48. The number of aromatic nitrogens is 2. The van der Waals surface area contributed by atoms with Gasteiger partial charge in [0.25, 0.3) is 5.56 Å². The monoisotopic (exact) mass is 403 g/mol. The lowest BCUT2D eigenvalue weighted by molar-refractivity contribution is 0.0245. The van der Waals surface area contributed by atoms with Crippen molar-refractivity contribution in [3.05, 3.63) is 79.7 Å². The van der Waals surface area contributed by atoms with Crippen molar-refractivity contribution in [3.8, 4) is 0 Å². The lowest BCUT2D eigenvalue weighted by Crippen LogP contribution is -2.40. The van der Waals surface area contributed by atoms with Crippen LogP contribution >= 0.6 is 11.6 Å². The minimum Gasteiger partial charge on any atom is -0.372 e. The van der Waals surface area contributed by atoms with Gasteiger partial charge in [0.15, 0.2) is 0 Å². The van der Waals surface area contributed by atoms with Crippen LogP contribution in [0.5, 0.6) is 0 Å². The molecular weight excluding hydrogens is 385 g/mol. The Morgan fingerprint density at radius 1 is 1.21 bits per heavy atom. The number of benzene rings is 2. The average Bonchev–Trinajstić information content (AvgIpc) is 2.93. The predicted octanol–water partition coefficient (Wildman–Crippen LogP) is 2.46. The number of nitrogens with zero attached hydrogens (tertiary/aromatic N) is 1. The van der Waals surface area contributed by atoms with Crippen LogP contribution in [0.3, 0.4) is 0 Å². The van der Waals surface area contributed by atoms with Crippen LogP contribution in [0, 0.1) is 11.7 Å². The molecular formula is C20H19ClFN3O3. The number of halogens is 2. The minimum atomic E-state index is -0.528. The van der Waals surface area contributed by atoms with Gasteiger partial charge in [-0.3, -0.25) is 9.36 Å². The molecule has 2 atom stereocenters. The summed E-state index contributed by atoms with van der Waals surface area (Å²) in [6.45, 7) is 1.73. The average molecular weight is 404 g/mol. The van der Waals surface area contributed by atoms with Gasteiger partial charge in [0.2, 0.25) is 0 Å². The van der Waals surface area contributed by atoms with E-state index in [1.807, 2.05) is 0 Å². The van der Waals surface area contributed by atoms with Crippen molar-refractivity contribution in [1.82, 2.24) is 14.9 Å². The van der Waals surface area contributed by atoms with Crippen LogP contribution in [-0.2, 0) is 11.3 Å². The number of ether oxygens (including phenoxy) is 1. The molecule has 146 valence electrons. The third-order valence-corrected chi connectivity index (χ3v) is 5.30. The van der Waals surface area contributed by atoms with Gasteiger partial charge < -0.3 is 15.0 Å². The first-order valence-corrected chi connectivity index (χ1v) is 9.41. The standard InChI is InChI=1S/C20H19ClFN3O3/c21-15-6-5-12(9-16(15)22)18-13(10-23-7-8-28-18)11-25-19(26)14-3-1-2-4-17(14)24-20(25)27/h1-6,9,13,18,23H,7-8,10-11H2,(H,24,27)/t13-,18-/m0/s1. The Morgan fingerprint density at radius 3 is 2.86 bits per heavy atom. The molecule has 1 aliphatic rings. The van der Waals surface area contributed by atoms with Crippen molar-refractivity contribution in [1.29, 1.82) is 0 Å². The fraction of sp³-hybridized carbons (Fsp3) is 0.300. The third-order valence-electron chi connectivity index (χ3n) is 4.99. The second-order valence-corrected chi connectivity index (χ2v) is 7.23. The van der Waals surface area contributed by atoms with Crippen LogP contribution in [0.15, 0.2) is 52.1 Å². The highest BCUT2D eigenvalue weighted by Crippen LogP contribution is 2.30. The molecule has 2 N–H and O–H groups in total. The highest BCUT2D eigenvalue weighted by Gasteiger charge is 2.28. The van der Waals surface area contributed by atoms with Crippen molar-refractivity contribution >= 4 is 22.5 Å². The molecule has 8 heteroatoms. The number of H-pyrrole nitrogens is 1. The number of fused-ring (bicyclic) bond motifs is 1. The normalized spacial score (nSPS) is 20.2. The van der Waals surface area contributed by atoms with Crippen molar-refractivity contribution in [3.63, 3.8) is 0 Å². The van der Waals surface area contributed by atoms with Gasteiger partial charge in [0.1, 0.15) is 5.82 Å². The summed E-state index contributed by atoms with van der Waals surface area (Å²) in [6, 6.07) is 11.4. The Labute approximate surface area is 164 Å². The van der Waals surface area contributed by atoms with Crippen LogP contribution < -0.4 is 16.6 Å². The molecule has 2 aromatic carbocycles. The number of nitrogens with one attached hydrogen (secondary N) is 2. The van der Waals surface area contributed by atoms with Crippen molar-refractivity contribution in [2.45, 2.75) is 12.6 Å². The van der Waals surface area contributed by atoms with E-state index in [1.54, 1.807) is 30.3 Å². The van der Waals surface area contributed by atoms with E-state index in [0.29, 0.717) is 36.2 Å². The molecule has 28 heavy (non-hydrogen) atoms. The first-order chi connectivity index (χ1) is 13.5. The summed E-state index contributed by atoms with van der Waals surface area (Å²) in [5.74, 6) is -0.775. The zero-order valence-electron chi connectivity index (χ0n) is 15.0. The van der Waals surface area contributed by atoms with Gasteiger partial charge in [0, 0.05) is 25.6 Å². The van der Waals surface area contributed by atoms with E-state index in [-0.39, 0.29) is 23.0 Å². The highest BCUT2D eigenvalue weighted by molar-refractivity contribution is 6.30.